The summed E-state index contributed by atoms with van der Waals surface area (Å²) >= 11 is 0. The molecule has 0 atom stereocenters. The van der Waals surface area contributed by atoms with Crippen LogP contribution in [0.4, 0.5) is 4.39 Å². The van der Waals surface area contributed by atoms with E-state index in [0.29, 0.717) is 18.2 Å². The Morgan fingerprint density at radius 1 is 1.16 bits per heavy atom. The minimum Gasteiger partial charge on any atom is -0.310 e. The van der Waals surface area contributed by atoms with Gasteiger partial charge in [0.1, 0.15) is 5.82 Å². The van der Waals surface area contributed by atoms with E-state index in [1.165, 1.54) is 6.07 Å². The fourth-order valence-corrected chi connectivity index (χ4v) is 1.84. The maximum Gasteiger partial charge on any atom is 0.127 e. The van der Waals surface area contributed by atoms with Crippen LogP contribution < -0.4 is 5.32 Å². The molecular weight excluding hydrogens is 239 g/mol. The lowest BCUT2D eigenvalue weighted by atomic mass is 10.0. The van der Waals surface area contributed by atoms with Crippen LogP contribution >= 0.6 is 0 Å². The van der Waals surface area contributed by atoms with E-state index in [4.69, 9.17) is 0 Å². The molecule has 100 valence electrons. The van der Waals surface area contributed by atoms with Gasteiger partial charge in [-0.2, -0.15) is 0 Å². The highest BCUT2D eigenvalue weighted by Gasteiger charge is 2.06. The number of hydrogen-bond donors (Lipinski definition) is 1. The summed E-state index contributed by atoms with van der Waals surface area (Å²) in [7, 11) is 0. The van der Waals surface area contributed by atoms with Gasteiger partial charge in [0.2, 0.25) is 0 Å². The van der Waals surface area contributed by atoms with Crippen LogP contribution in [0.2, 0.25) is 0 Å². The first kappa shape index (κ1) is 13.7. The molecule has 0 fully saturated rings. The molecule has 0 aliphatic rings. The summed E-state index contributed by atoms with van der Waals surface area (Å²) in [5, 5.41) is 3.23. The van der Waals surface area contributed by atoms with Gasteiger partial charge >= 0.3 is 0 Å². The van der Waals surface area contributed by atoms with Crippen LogP contribution in [0.25, 0.3) is 11.1 Å². The standard InChI is InChI=1S/C16H19FN2/c1-11(2)18-10-15-8-13(6-7-16(15)17)14-5-4-12(3)19-9-14/h4-9,11,18H,10H2,1-3H3. The predicted molar refractivity (Wildman–Crippen MR) is 76.3 cm³/mol. The smallest absolute Gasteiger partial charge is 0.127 e. The van der Waals surface area contributed by atoms with E-state index in [1.807, 2.05) is 45.2 Å². The first-order chi connectivity index (χ1) is 9.06. The minimum atomic E-state index is -0.169. The number of benzene rings is 1. The number of hydrogen-bond acceptors (Lipinski definition) is 2. The normalized spacial score (nSPS) is 11.0. The summed E-state index contributed by atoms with van der Waals surface area (Å²) < 4.78 is 13.7. The number of aromatic nitrogens is 1. The van der Waals surface area contributed by atoms with E-state index in [9.17, 15) is 4.39 Å². The number of nitrogens with zero attached hydrogens (tertiary/aromatic N) is 1. The molecule has 1 aromatic carbocycles. The molecule has 2 rings (SSSR count). The Morgan fingerprint density at radius 3 is 2.53 bits per heavy atom. The molecule has 1 aromatic heterocycles. The van der Waals surface area contributed by atoms with Crippen molar-refractivity contribution in [2.24, 2.45) is 0 Å². The second-order valence-corrected chi connectivity index (χ2v) is 5.03. The van der Waals surface area contributed by atoms with Gasteiger partial charge in [-0.3, -0.25) is 4.98 Å². The second kappa shape index (κ2) is 5.93. The summed E-state index contributed by atoms with van der Waals surface area (Å²) in [6.07, 6.45) is 1.82. The van der Waals surface area contributed by atoms with Crippen molar-refractivity contribution in [1.82, 2.24) is 10.3 Å². The van der Waals surface area contributed by atoms with E-state index in [2.05, 4.69) is 10.3 Å². The molecule has 1 heterocycles. The molecule has 3 heteroatoms. The number of rotatable bonds is 4. The fraction of sp³-hybridized carbons (Fsp3) is 0.312. The molecule has 0 saturated carbocycles. The molecule has 0 aliphatic heterocycles. The van der Waals surface area contributed by atoms with Gasteiger partial charge in [0.15, 0.2) is 0 Å². The van der Waals surface area contributed by atoms with Crippen LogP contribution in [0.1, 0.15) is 25.1 Å². The molecule has 0 radical (unpaired) electrons. The Labute approximate surface area is 113 Å². The molecule has 2 nitrogen and oxygen atoms in total. The van der Waals surface area contributed by atoms with Crippen LogP contribution in [0.3, 0.4) is 0 Å². The first-order valence-corrected chi connectivity index (χ1v) is 6.51. The lowest BCUT2D eigenvalue weighted by Gasteiger charge is -2.10. The van der Waals surface area contributed by atoms with Gasteiger partial charge in [0, 0.05) is 35.6 Å². The van der Waals surface area contributed by atoms with Crippen molar-refractivity contribution in [1.29, 1.82) is 0 Å². The maximum atomic E-state index is 13.7. The fourth-order valence-electron chi connectivity index (χ4n) is 1.84. The van der Waals surface area contributed by atoms with E-state index < -0.39 is 0 Å². The van der Waals surface area contributed by atoms with E-state index in [1.54, 1.807) is 6.07 Å². The summed E-state index contributed by atoms with van der Waals surface area (Å²) in [6.45, 7) is 6.58. The van der Waals surface area contributed by atoms with Crippen LogP contribution in [-0.2, 0) is 6.54 Å². The third-order valence-electron chi connectivity index (χ3n) is 2.99. The Hall–Kier alpha value is -1.74. The molecule has 1 N–H and O–H groups in total. The first-order valence-electron chi connectivity index (χ1n) is 6.51. The topological polar surface area (TPSA) is 24.9 Å². The number of halogens is 1. The molecule has 2 aromatic rings. The molecule has 19 heavy (non-hydrogen) atoms. The quantitative estimate of drug-likeness (QED) is 0.904. The average Bonchev–Trinajstić information content (AvgIpc) is 2.39. The van der Waals surface area contributed by atoms with Gasteiger partial charge in [-0.15, -0.1) is 0 Å². The molecule has 0 aliphatic carbocycles. The monoisotopic (exact) mass is 258 g/mol. The van der Waals surface area contributed by atoms with Crippen molar-refractivity contribution in [3.63, 3.8) is 0 Å². The van der Waals surface area contributed by atoms with Crippen molar-refractivity contribution >= 4 is 0 Å². The molecular formula is C16H19FN2. The number of aryl methyl sites for hydroxylation is 1. The summed E-state index contributed by atoms with van der Waals surface area (Å²) in [5.41, 5.74) is 3.67. The number of nitrogens with one attached hydrogen (secondary N) is 1. The Balaban J connectivity index is 2.27. The highest BCUT2D eigenvalue weighted by molar-refractivity contribution is 5.63. The Morgan fingerprint density at radius 2 is 1.89 bits per heavy atom. The zero-order chi connectivity index (χ0) is 13.8. The Bertz CT molecular complexity index is 547. The van der Waals surface area contributed by atoms with E-state index >= 15 is 0 Å². The predicted octanol–water partition coefficient (Wildman–Crippen LogP) is 3.69. The van der Waals surface area contributed by atoms with Crippen molar-refractivity contribution < 1.29 is 4.39 Å². The summed E-state index contributed by atoms with van der Waals surface area (Å²) in [6, 6.07) is 9.51. The van der Waals surface area contributed by atoms with Crippen LogP contribution in [-0.4, -0.2) is 11.0 Å². The lowest BCUT2D eigenvalue weighted by molar-refractivity contribution is 0.553. The zero-order valence-electron chi connectivity index (χ0n) is 11.6. The minimum absolute atomic E-state index is 0.169. The zero-order valence-corrected chi connectivity index (χ0v) is 11.6. The third kappa shape index (κ3) is 3.61. The molecule has 0 saturated heterocycles. The average molecular weight is 258 g/mol. The van der Waals surface area contributed by atoms with Crippen LogP contribution in [0.15, 0.2) is 36.5 Å². The van der Waals surface area contributed by atoms with E-state index in [0.717, 1.165) is 16.8 Å². The van der Waals surface area contributed by atoms with Crippen molar-refractivity contribution in [3.8, 4) is 11.1 Å². The largest absolute Gasteiger partial charge is 0.310 e. The Kier molecular flexibility index (Phi) is 4.27. The number of pyridine rings is 1. The van der Waals surface area contributed by atoms with Gasteiger partial charge in [0.25, 0.3) is 0 Å². The summed E-state index contributed by atoms with van der Waals surface area (Å²) in [4.78, 5) is 4.27. The molecule has 0 spiro atoms. The van der Waals surface area contributed by atoms with Gasteiger partial charge in [-0.25, -0.2) is 4.39 Å². The second-order valence-electron chi connectivity index (χ2n) is 5.03. The van der Waals surface area contributed by atoms with Crippen molar-refractivity contribution in [3.05, 3.63) is 53.6 Å². The van der Waals surface area contributed by atoms with Gasteiger partial charge < -0.3 is 5.32 Å². The maximum absolute atomic E-state index is 13.7. The third-order valence-corrected chi connectivity index (χ3v) is 2.99. The summed E-state index contributed by atoms with van der Waals surface area (Å²) in [5.74, 6) is -0.169. The van der Waals surface area contributed by atoms with Crippen LogP contribution in [0, 0.1) is 12.7 Å². The molecule has 0 bridgehead atoms. The highest BCUT2D eigenvalue weighted by atomic mass is 19.1. The van der Waals surface area contributed by atoms with Gasteiger partial charge in [-0.1, -0.05) is 26.0 Å². The van der Waals surface area contributed by atoms with Crippen LogP contribution in [0.5, 0.6) is 0 Å². The SMILES string of the molecule is Cc1ccc(-c2ccc(F)c(CNC(C)C)c2)cn1. The highest BCUT2D eigenvalue weighted by Crippen LogP contribution is 2.21. The molecule has 0 amide bonds. The van der Waals surface area contributed by atoms with Crippen molar-refractivity contribution in [2.45, 2.75) is 33.4 Å². The van der Waals surface area contributed by atoms with Crippen molar-refractivity contribution in [2.75, 3.05) is 0 Å². The lowest BCUT2D eigenvalue weighted by Crippen LogP contribution is -2.22. The van der Waals surface area contributed by atoms with E-state index in [-0.39, 0.29) is 5.82 Å². The molecule has 0 unspecified atom stereocenters. The van der Waals surface area contributed by atoms with Gasteiger partial charge in [-0.05, 0) is 30.7 Å². The van der Waals surface area contributed by atoms with Gasteiger partial charge in [0.05, 0.1) is 0 Å².